The number of aromatic nitrogens is 1. The Balaban J connectivity index is 0.000000162. The number of benzene rings is 2. The van der Waals surface area contributed by atoms with Crippen molar-refractivity contribution in [3.8, 4) is 0 Å². The van der Waals surface area contributed by atoms with Crippen LogP contribution >= 0.6 is 0 Å². The van der Waals surface area contributed by atoms with Gasteiger partial charge in [-0.3, -0.25) is 9.78 Å². The number of nitrogens with zero attached hydrogens (tertiary/aromatic N) is 1. The maximum absolute atomic E-state index is 10.8. The molecule has 0 aliphatic carbocycles. The van der Waals surface area contributed by atoms with Crippen molar-refractivity contribution in [3.05, 3.63) is 91.3 Å². The van der Waals surface area contributed by atoms with Crippen LogP contribution in [0, 0.1) is 0 Å². The fourth-order valence-corrected chi connectivity index (χ4v) is 1.88. The molecule has 1 amide bonds. The second-order valence-corrected chi connectivity index (χ2v) is 4.63. The van der Waals surface area contributed by atoms with E-state index in [1.54, 1.807) is 0 Å². The molecule has 0 aliphatic rings. The van der Waals surface area contributed by atoms with Crippen LogP contribution in [0.5, 0.6) is 0 Å². The summed E-state index contributed by atoms with van der Waals surface area (Å²) < 4.78 is 0. The van der Waals surface area contributed by atoms with Gasteiger partial charge in [-0.2, -0.15) is 0 Å². The predicted octanol–water partition coefficient (Wildman–Crippen LogP) is 3.72. The molecule has 0 spiro atoms. The van der Waals surface area contributed by atoms with E-state index in [0.29, 0.717) is 6.54 Å². The molecule has 0 bridgehead atoms. The first-order valence-electron chi connectivity index (χ1n) is 7.02. The van der Waals surface area contributed by atoms with Crippen LogP contribution in [0.2, 0.25) is 0 Å². The van der Waals surface area contributed by atoms with E-state index in [1.165, 1.54) is 16.8 Å². The lowest BCUT2D eigenvalue weighted by molar-refractivity contribution is -0.116. The maximum atomic E-state index is 10.8. The molecule has 0 atom stereocenters. The molecule has 0 saturated heterocycles. The van der Waals surface area contributed by atoms with Crippen molar-refractivity contribution in [2.45, 2.75) is 6.54 Å². The van der Waals surface area contributed by atoms with E-state index in [4.69, 9.17) is 0 Å². The molecule has 1 N–H and O–H groups in total. The summed E-state index contributed by atoms with van der Waals surface area (Å²) >= 11 is 0. The van der Waals surface area contributed by atoms with Gasteiger partial charge in [-0.15, -0.1) is 0 Å². The fourth-order valence-electron chi connectivity index (χ4n) is 1.88. The lowest BCUT2D eigenvalue weighted by atomic mass is 10.2. The van der Waals surface area contributed by atoms with E-state index < -0.39 is 0 Å². The monoisotopic (exact) mass is 290 g/mol. The topological polar surface area (TPSA) is 42.0 Å². The van der Waals surface area contributed by atoms with Gasteiger partial charge in [0, 0.05) is 18.9 Å². The number of carbonyl (C=O) groups excluding carboxylic acids is 1. The third-order valence-corrected chi connectivity index (χ3v) is 3.04. The van der Waals surface area contributed by atoms with E-state index in [1.807, 2.05) is 60.9 Å². The molecule has 0 aliphatic heterocycles. The van der Waals surface area contributed by atoms with Crippen LogP contribution in [0.25, 0.3) is 10.8 Å². The molecular weight excluding hydrogens is 272 g/mol. The molecule has 110 valence electrons. The van der Waals surface area contributed by atoms with Crippen LogP contribution in [0.15, 0.2) is 85.7 Å². The fraction of sp³-hybridized carbons (Fsp3) is 0.0526. The second-order valence-electron chi connectivity index (χ2n) is 4.63. The van der Waals surface area contributed by atoms with Gasteiger partial charge < -0.3 is 5.32 Å². The van der Waals surface area contributed by atoms with Gasteiger partial charge >= 0.3 is 0 Å². The van der Waals surface area contributed by atoms with Gasteiger partial charge in [0.25, 0.3) is 0 Å². The number of nitrogens with one attached hydrogen (secondary N) is 1. The number of rotatable bonds is 3. The van der Waals surface area contributed by atoms with Gasteiger partial charge in [0.15, 0.2) is 0 Å². The highest BCUT2D eigenvalue weighted by molar-refractivity contribution is 5.86. The van der Waals surface area contributed by atoms with Gasteiger partial charge in [0.2, 0.25) is 5.91 Å². The van der Waals surface area contributed by atoms with Gasteiger partial charge in [-0.25, -0.2) is 0 Å². The highest BCUT2D eigenvalue weighted by atomic mass is 16.1. The molecule has 3 aromatic rings. The average molecular weight is 290 g/mol. The molecule has 0 saturated carbocycles. The highest BCUT2D eigenvalue weighted by Gasteiger charge is 1.93. The maximum Gasteiger partial charge on any atom is 0.243 e. The molecule has 1 heterocycles. The lowest BCUT2D eigenvalue weighted by Gasteiger charge is -2.00. The van der Waals surface area contributed by atoms with Crippen LogP contribution in [0.1, 0.15) is 5.56 Å². The first-order chi connectivity index (χ1) is 10.8. The summed E-state index contributed by atoms with van der Waals surface area (Å²) in [4.78, 5) is 14.8. The minimum atomic E-state index is -0.140. The van der Waals surface area contributed by atoms with Gasteiger partial charge in [-0.1, -0.05) is 61.2 Å². The Kier molecular flexibility index (Phi) is 5.88. The highest BCUT2D eigenvalue weighted by Crippen LogP contribution is 2.09. The number of fused-ring (bicyclic) bond motifs is 1. The summed E-state index contributed by atoms with van der Waals surface area (Å²) in [6, 6.07) is 19.9. The number of hydrogen-bond acceptors (Lipinski definition) is 2. The third kappa shape index (κ3) is 4.87. The Labute approximate surface area is 130 Å². The molecule has 1 aromatic heterocycles. The smallest absolute Gasteiger partial charge is 0.243 e. The average Bonchev–Trinajstić information content (AvgIpc) is 2.61. The summed E-state index contributed by atoms with van der Waals surface area (Å²) in [6.07, 6.45) is 4.95. The van der Waals surface area contributed by atoms with E-state index in [0.717, 1.165) is 5.56 Å². The van der Waals surface area contributed by atoms with E-state index in [9.17, 15) is 4.79 Å². The van der Waals surface area contributed by atoms with Crippen molar-refractivity contribution in [2.24, 2.45) is 0 Å². The van der Waals surface area contributed by atoms with Gasteiger partial charge in [0.1, 0.15) is 0 Å². The number of amides is 1. The molecule has 3 nitrogen and oxygen atoms in total. The van der Waals surface area contributed by atoms with Crippen molar-refractivity contribution < 1.29 is 4.79 Å². The summed E-state index contributed by atoms with van der Waals surface area (Å²) in [5.41, 5.74) is 1.09. The quantitative estimate of drug-likeness (QED) is 0.747. The van der Waals surface area contributed by atoms with E-state index >= 15 is 0 Å². The lowest BCUT2D eigenvalue weighted by Crippen LogP contribution is -2.19. The van der Waals surface area contributed by atoms with E-state index in [2.05, 4.69) is 29.0 Å². The zero-order valence-corrected chi connectivity index (χ0v) is 12.3. The first kappa shape index (κ1) is 15.4. The molecule has 3 rings (SSSR count). The number of carbonyl (C=O) groups is 1. The number of hydrogen-bond donors (Lipinski definition) is 1. The SMILES string of the molecule is C=CC(=O)NCc1ccccc1.c1ccc2cnccc2c1. The summed E-state index contributed by atoms with van der Waals surface area (Å²) in [7, 11) is 0. The van der Waals surface area contributed by atoms with Crippen molar-refractivity contribution in [3.63, 3.8) is 0 Å². The van der Waals surface area contributed by atoms with Gasteiger partial charge in [0.05, 0.1) is 0 Å². The first-order valence-corrected chi connectivity index (χ1v) is 7.02. The number of pyridine rings is 1. The predicted molar refractivity (Wildman–Crippen MR) is 90.2 cm³/mol. The van der Waals surface area contributed by atoms with Crippen molar-refractivity contribution in [1.82, 2.24) is 10.3 Å². The summed E-state index contributed by atoms with van der Waals surface area (Å²) in [6.45, 7) is 3.92. The summed E-state index contributed by atoms with van der Waals surface area (Å²) in [5, 5.41) is 5.14. The molecule has 0 fully saturated rings. The van der Waals surface area contributed by atoms with Crippen LogP contribution < -0.4 is 5.32 Å². The van der Waals surface area contributed by atoms with Crippen molar-refractivity contribution in [1.29, 1.82) is 0 Å². The zero-order chi connectivity index (χ0) is 15.6. The Morgan fingerprint density at radius 1 is 1.00 bits per heavy atom. The normalized spacial score (nSPS) is 9.45. The minimum Gasteiger partial charge on any atom is -0.348 e. The standard InChI is InChI=1S/C10H11NO.C9H7N/c1-2-10(12)11-8-9-6-4-3-5-7-9;1-2-4-9-7-10-6-5-8(9)3-1/h2-7H,1,8H2,(H,11,12);1-7H. The Morgan fingerprint density at radius 3 is 2.36 bits per heavy atom. The van der Waals surface area contributed by atoms with Crippen molar-refractivity contribution >= 4 is 16.7 Å². The van der Waals surface area contributed by atoms with Crippen LogP contribution in [0.3, 0.4) is 0 Å². The third-order valence-electron chi connectivity index (χ3n) is 3.04. The van der Waals surface area contributed by atoms with Crippen molar-refractivity contribution in [2.75, 3.05) is 0 Å². The largest absolute Gasteiger partial charge is 0.348 e. The molecule has 2 aromatic carbocycles. The Morgan fingerprint density at radius 2 is 1.68 bits per heavy atom. The zero-order valence-electron chi connectivity index (χ0n) is 12.3. The van der Waals surface area contributed by atoms with Crippen LogP contribution in [-0.4, -0.2) is 10.9 Å². The van der Waals surface area contributed by atoms with Crippen LogP contribution in [0.4, 0.5) is 0 Å². The molecule has 22 heavy (non-hydrogen) atoms. The summed E-state index contributed by atoms with van der Waals surface area (Å²) in [5.74, 6) is -0.140. The molecule has 0 radical (unpaired) electrons. The Hall–Kier alpha value is -2.94. The molecule has 0 unspecified atom stereocenters. The molecular formula is C19H18N2O. The van der Waals surface area contributed by atoms with E-state index in [-0.39, 0.29) is 5.91 Å². The second kappa shape index (κ2) is 8.37. The Bertz CT molecular complexity index is 673. The molecule has 3 heteroatoms. The minimum absolute atomic E-state index is 0.140. The van der Waals surface area contributed by atoms with Gasteiger partial charge in [-0.05, 0) is 28.5 Å². The van der Waals surface area contributed by atoms with Crippen LogP contribution in [-0.2, 0) is 11.3 Å².